The average molecular weight is 467 g/mol. The van der Waals surface area contributed by atoms with Gasteiger partial charge in [-0.25, -0.2) is 9.59 Å². The molecule has 0 saturated carbocycles. The van der Waals surface area contributed by atoms with Gasteiger partial charge >= 0.3 is 12.0 Å². The van der Waals surface area contributed by atoms with Gasteiger partial charge in [-0.05, 0) is 87.8 Å². The lowest BCUT2D eigenvalue weighted by Gasteiger charge is -2.37. The zero-order valence-corrected chi connectivity index (χ0v) is 20.4. The second-order valence-electron chi connectivity index (χ2n) is 7.85. The third-order valence-electron chi connectivity index (χ3n) is 5.65. The minimum Gasteiger partial charge on any atom is -0.463 e. The maximum absolute atomic E-state index is 12.8. The molecule has 2 aromatic carbocycles. The zero-order valence-electron chi connectivity index (χ0n) is 19.6. The Kier molecular flexibility index (Phi) is 7.71. The van der Waals surface area contributed by atoms with Gasteiger partial charge in [-0.1, -0.05) is 18.2 Å². The Bertz CT molecular complexity index is 1110. The van der Waals surface area contributed by atoms with Crippen LogP contribution in [0.2, 0.25) is 0 Å². The van der Waals surface area contributed by atoms with E-state index in [4.69, 9.17) is 17.0 Å². The number of nitrogens with one attached hydrogen (secondary N) is 3. The van der Waals surface area contributed by atoms with Gasteiger partial charge < -0.3 is 25.6 Å². The third-order valence-corrected chi connectivity index (χ3v) is 5.99. The molecular formula is C25H30N4O3S. The summed E-state index contributed by atoms with van der Waals surface area (Å²) in [6.45, 7) is 10.6. The number of esters is 1. The molecule has 7 nitrogen and oxygen atoms in total. The molecule has 0 spiro atoms. The molecular weight excluding hydrogens is 436 g/mol. The number of hydrogen-bond donors (Lipinski definition) is 3. The molecule has 1 unspecified atom stereocenters. The van der Waals surface area contributed by atoms with Crippen LogP contribution in [0, 0.1) is 13.8 Å². The molecule has 1 aliphatic rings. The van der Waals surface area contributed by atoms with Crippen LogP contribution in [0.1, 0.15) is 43.5 Å². The molecule has 33 heavy (non-hydrogen) atoms. The smallest absolute Gasteiger partial charge is 0.338 e. The van der Waals surface area contributed by atoms with E-state index in [2.05, 4.69) is 16.0 Å². The molecule has 0 radical (unpaired) electrons. The summed E-state index contributed by atoms with van der Waals surface area (Å²) < 4.78 is 5.32. The quantitative estimate of drug-likeness (QED) is 0.409. The van der Waals surface area contributed by atoms with Crippen LogP contribution in [0.25, 0.3) is 0 Å². The van der Waals surface area contributed by atoms with Crippen molar-refractivity contribution in [3.63, 3.8) is 0 Å². The van der Waals surface area contributed by atoms with Crippen LogP contribution in [0.4, 0.5) is 16.2 Å². The Morgan fingerprint density at radius 3 is 2.36 bits per heavy atom. The van der Waals surface area contributed by atoms with E-state index in [9.17, 15) is 9.59 Å². The molecule has 3 rings (SSSR count). The number of ether oxygens (including phenoxy) is 1. The summed E-state index contributed by atoms with van der Waals surface area (Å²) in [6.07, 6.45) is 0. The summed E-state index contributed by atoms with van der Waals surface area (Å²) in [4.78, 5) is 27.2. The van der Waals surface area contributed by atoms with Crippen molar-refractivity contribution in [1.82, 2.24) is 10.2 Å². The first-order valence-corrected chi connectivity index (χ1v) is 11.4. The maximum Gasteiger partial charge on any atom is 0.338 e. The van der Waals surface area contributed by atoms with Gasteiger partial charge in [0.2, 0.25) is 0 Å². The minimum atomic E-state index is -0.482. The highest BCUT2D eigenvalue weighted by molar-refractivity contribution is 7.80. The monoisotopic (exact) mass is 466 g/mol. The normalized spacial score (nSPS) is 15.7. The van der Waals surface area contributed by atoms with E-state index >= 15 is 0 Å². The van der Waals surface area contributed by atoms with Gasteiger partial charge in [0.15, 0.2) is 5.11 Å². The molecule has 0 bridgehead atoms. The summed E-state index contributed by atoms with van der Waals surface area (Å²) in [5, 5.41) is 9.51. The number of amides is 2. The number of benzene rings is 2. The lowest BCUT2D eigenvalue weighted by molar-refractivity contribution is -0.139. The van der Waals surface area contributed by atoms with Crippen molar-refractivity contribution in [3.8, 4) is 0 Å². The van der Waals surface area contributed by atoms with Gasteiger partial charge in [-0.3, -0.25) is 0 Å². The van der Waals surface area contributed by atoms with Gasteiger partial charge in [0.1, 0.15) is 0 Å². The number of rotatable bonds is 6. The van der Waals surface area contributed by atoms with E-state index < -0.39 is 6.04 Å². The highest BCUT2D eigenvalue weighted by Gasteiger charge is 2.34. The van der Waals surface area contributed by atoms with Crippen LogP contribution < -0.4 is 16.0 Å². The summed E-state index contributed by atoms with van der Waals surface area (Å²) in [7, 11) is 0. The van der Waals surface area contributed by atoms with Crippen LogP contribution in [-0.2, 0) is 9.53 Å². The predicted octanol–water partition coefficient (Wildman–Crippen LogP) is 5.04. The number of thiocarbonyl (C=S) groups is 1. The molecule has 0 aliphatic carbocycles. The molecule has 0 fully saturated rings. The summed E-state index contributed by atoms with van der Waals surface area (Å²) in [5.74, 6) is -0.390. The zero-order chi connectivity index (χ0) is 24.1. The number of carbonyl (C=O) groups excluding carboxylic acids is 2. The standard InChI is InChI=1S/C25H30N4O3S/c1-6-29-17(5)21(23(30)32-7-2)22(28-25(29)33)18-9-8-10-19(14-18)26-24(31)27-20-12-11-15(3)16(4)13-20/h8-14,22H,6-7H2,1-5H3,(H,28,33)(H2,26,27,31). The Labute approximate surface area is 200 Å². The number of anilines is 2. The van der Waals surface area contributed by atoms with Crippen LogP contribution in [-0.4, -0.2) is 35.2 Å². The highest BCUT2D eigenvalue weighted by Crippen LogP contribution is 2.32. The first-order valence-electron chi connectivity index (χ1n) is 11.0. The molecule has 0 saturated heterocycles. The van der Waals surface area contributed by atoms with E-state index in [1.807, 2.05) is 69.0 Å². The number of urea groups is 1. The van der Waals surface area contributed by atoms with Crippen LogP contribution in [0.5, 0.6) is 0 Å². The maximum atomic E-state index is 12.8. The molecule has 174 valence electrons. The fourth-order valence-electron chi connectivity index (χ4n) is 3.79. The second-order valence-corrected chi connectivity index (χ2v) is 8.24. The molecule has 0 aromatic heterocycles. The van der Waals surface area contributed by atoms with Crippen molar-refractivity contribution >= 4 is 40.7 Å². The average Bonchev–Trinajstić information content (AvgIpc) is 2.76. The third kappa shape index (κ3) is 5.51. The highest BCUT2D eigenvalue weighted by atomic mass is 32.1. The van der Waals surface area contributed by atoms with Crippen molar-refractivity contribution in [2.75, 3.05) is 23.8 Å². The van der Waals surface area contributed by atoms with Crippen LogP contribution in [0.3, 0.4) is 0 Å². The minimum absolute atomic E-state index is 0.277. The van der Waals surface area contributed by atoms with Gasteiger partial charge in [0, 0.05) is 23.6 Å². The van der Waals surface area contributed by atoms with E-state index in [1.54, 1.807) is 13.0 Å². The molecule has 3 N–H and O–H groups in total. The number of nitrogens with zero attached hydrogens (tertiary/aromatic N) is 1. The molecule has 1 heterocycles. The number of allylic oxidation sites excluding steroid dienone is 1. The topological polar surface area (TPSA) is 82.7 Å². The summed E-state index contributed by atoms with van der Waals surface area (Å²) in [6, 6.07) is 12.3. The lowest BCUT2D eigenvalue weighted by atomic mass is 9.94. The van der Waals surface area contributed by atoms with E-state index in [-0.39, 0.29) is 18.6 Å². The van der Waals surface area contributed by atoms with Crippen molar-refractivity contribution in [1.29, 1.82) is 0 Å². The van der Waals surface area contributed by atoms with Crippen molar-refractivity contribution < 1.29 is 14.3 Å². The summed E-state index contributed by atoms with van der Waals surface area (Å²) in [5.41, 5.74) is 5.63. The molecule has 2 aromatic rings. The van der Waals surface area contributed by atoms with Crippen LogP contribution >= 0.6 is 12.2 Å². The number of hydrogen-bond acceptors (Lipinski definition) is 4. The van der Waals surface area contributed by atoms with Crippen LogP contribution in [0.15, 0.2) is 53.7 Å². The van der Waals surface area contributed by atoms with Gasteiger partial charge in [0.25, 0.3) is 0 Å². The van der Waals surface area contributed by atoms with Gasteiger partial charge in [-0.2, -0.15) is 0 Å². The fraction of sp³-hybridized carbons (Fsp3) is 0.320. The molecule has 8 heteroatoms. The Hall–Kier alpha value is -3.39. The fourth-order valence-corrected chi connectivity index (χ4v) is 4.18. The first kappa shape index (κ1) is 24.3. The predicted molar refractivity (Wildman–Crippen MR) is 135 cm³/mol. The van der Waals surface area contributed by atoms with Crippen molar-refractivity contribution in [3.05, 3.63) is 70.4 Å². The van der Waals surface area contributed by atoms with Gasteiger partial charge in [0.05, 0.1) is 18.2 Å². The number of aryl methyl sites for hydroxylation is 2. The second kappa shape index (κ2) is 10.5. The Balaban J connectivity index is 1.85. The molecule has 1 atom stereocenters. The molecule has 1 aliphatic heterocycles. The first-order chi connectivity index (χ1) is 15.7. The van der Waals surface area contributed by atoms with E-state index in [0.717, 1.165) is 22.4 Å². The summed E-state index contributed by atoms with van der Waals surface area (Å²) >= 11 is 5.53. The van der Waals surface area contributed by atoms with Crippen molar-refractivity contribution in [2.45, 2.75) is 40.7 Å². The Morgan fingerprint density at radius 2 is 1.73 bits per heavy atom. The number of carbonyl (C=O) groups is 2. The lowest BCUT2D eigenvalue weighted by Crippen LogP contribution is -2.47. The van der Waals surface area contributed by atoms with E-state index in [0.29, 0.717) is 28.6 Å². The largest absolute Gasteiger partial charge is 0.463 e. The van der Waals surface area contributed by atoms with Crippen molar-refractivity contribution in [2.24, 2.45) is 0 Å². The SMILES string of the molecule is CCOC(=O)C1=C(C)N(CC)C(=S)NC1c1cccc(NC(=O)Nc2ccc(C)c(C)c2)c1. The molecule has 2 amide bonds. The van der Waals surface area contributed by atoms with E-state index in [1.165, 1.54) is 0 Å². The van der Waals surface area contributed by atoms with Gasteiger partial charge in [-0.15, -0.1) is 0 Å². The Morgan fingerprint density at radius 1 is 1.03 bits per heavy atom.